The van der Waals surface area contributed by atoms with Crippen LogP contribution in [-0.4, -0.2) is 23.3 Å². The van der Waals surface area contributed by atoms with E-state index >= 15 is 0 Å². The maximum Gasteiger partial charge on any atom is 0.235 e. The summed E-state index contributed by atoms with van der Waals surface area (Å²) in [5, 5.41) is 4.17. The lowest BCUT2D eigenvalue weighted by molar-refractivity contribution is -0.129. The van der Waals surface area contributed by atoms with Gasteiger partial charge in [-0.2, -0.15) is 0 Å². The fourth-order valence-corrected chi connectivity index (χ4v) is 5.03. The Morgan fingerprint density at radius 3 is 2.66 bits per heavy atom. The van der Waals surface area contributed by atoms with Crippen molar-refractivity contribution in [1.29, 1.82) is 0 Å². The first-order valence-corrected chi connectivity index (χ1v) is 10.4. The van der Waals surface area contributed by atoms with Crippen molar-refractivity contribution in [2.24, 2.45) is 0 Å². The molecule has 1 fully saturated rings. The fourth-order valence-electron chi connectivity index (χ4n) is 4.66. The lowest BCUT2D eigenvalue weighted by Gasteiger charge is -2.34. The minimum Gasteiger partial charge on any atom is -0.325 e. The van der Waals surface area contributed by atoms with E-state index in [1.807, 2.05) is 44.2 Å². The maximum atomic E-state index is 13.5. The van der Waals surface area contributed by atoms with Gasteiger partial charge in [0.2, 0.25) is 11.8 Å². The van der Waals surface area contributed by atoms with Crippen LogP contribution in [0.1, 0.15) is 43.7 Å². The summed E-state index contributed by atoms with van der Waals surface area (Å²) in [5.74, 6) is -0.407. The van der Waals surface area contributed by atoms with Crippen molar-refractivity contribution in [2.45, 2.75) is 38.0 Å². The second-order valence-corrected chi connectivity index (χ2v) is 8.53. The van der Waals surface area contributed by atoms with Crippen LogP contribution in [0.3, 0.4) is 0 Å². The number of carbonyl (C=O) groups is 2. The quantitative estimate of drug-likeness (QED) is 0.684. The second-order valence-electron chi connectivity index (χ2n) is 7.65. The first kappa shape index (κ1) is 20.0. The largest absolute Gasteiger partial charge is 0.325 e. The van der Waals surface area contributed by atoms with E-state index in [1.165, 1.54) is 0 Å². The number of benzene rings is 2. The van der Waals surface area contributed by atoms with Crippen LogP contribution < -0.4 is 5.32 Å². The van der Waals surface area contributed by atoms with Gasteiger partial charge in [0, 0.05) is 40.3 Å². The summed E-state index contributed by atoms with van der Waals surface area (Å²) < 4.78 is 0. The molecule has 1 spiro atoms. The molecule has 2 aliphatic heterocycles. The third kappa shape index (κ3) is 3.24. The first-order valence-electron chi connectivity index (χ1n) is 9.67. The van der Waals surface area contributed by atoms with Gasteiger partial charge in [-0.1, -0.05) is 47.5 Å². The Labute approximate surface area is 180 Å². The Hall–Kier alpha value is -2.30. The highest BCUT2D eigenvalue weighted by atomic mass is 35.5. The van der Waals surface area contributed by atoms with Crippen molar-refractivity contribution in [1.82, 2.24) is 4.90 Å². The summed E-state index contributed by atoms with van der Waals surface area (Å²) in [7, 11) is 0. The van der Waals surface area contributed by atoms with Crippen molar-refractivity contribution in [3.63, 3.8) is 0 Å². The molecule has 0 radical (unpaired) electrons. The maximum absolute atomic E-state index is 13.5. The zero-order valence-corrected chi connectivity index (χ0v) is 17.8. The van der Waals surface area contributed by atoms with Crippen LogP contribution in [0.4, 0.5) is 5.69 Å². The number of hydrogen-bond donors (Lipinski definition) is 1. The SMILES string of the molecule is CC=C(C)N1CC[C@@]2(C(=O)Nc3cc(Cl)ccc32)[C@@H](c2cccc(Cl)c2)CC1=O. The van der Waals surface area contributed by atoms with Crippen LogP contribution in [-0.2, 0) is 15.0 Å². The highest BCUT2D eigenvalue weighted by molar-refractivity contribution is 6.31. The molecule has 4 nitrogen and oxygen atoms in total. The van der Waals surface area contributed by atoms with Crippen LogP contribution in [0.15, 0.2) is 54.2 Å². The van der Waals surface area contributed by atoms with Crippen LogP contribution >= 0.6 is 23.2 Å². The zero-order chi connectivity index (χ0) is 20.8. The first-order chi connectivity index (χ1) is 13.9. The highest BCUT2D eigenvalue weighted by Crippen LogP contribution is 2.53. The number of anilines is 1. The summed E-state index contributed by atoms with van der Waals surface area (Å²) >= 11 is 12.4. The molecule has 29 heavy (non-hydrogen) atoms. The van der Waals surface area contributed by atoms with E-state index in [0.717, 1.165) is 22.5 Å². The Balaban J connectivity index is 1.92. The van der Waals surface area contributed by atoms with Crippen LogP contribution in [0.5, 0.6) is 0 Å². The summed E-state index contributed by atoms with van der Waals surface area (Å²) in [5.41, 5.74) is 2.54. The number of nitrogens with one attached hydrogen (secondary N) is 1. The number of amides is 2. The van der Waals surface area contributed by atoms with Crippen LogP contribution in [0.25, 0.3) is 0 Å². The van der Waals surface area contributed by atoms with Gasteiger partial charge in [0.15, 0.2) is 0 Å². The second kappa shape index (κ2) is 7.51. The van der Waals surface area contributed by atoms with E-state index in [0.29, 0.717) is 23.0 Å². The summed E-state index contributed by atoms with van der Waals surface area (Å²) in [6, 6.07) is 13.0. The third-order valence-corrected chi connectivity index (χ3v) is 6.68. The smallest absolute Gasteiger partial charge is 0.235 e. The zero-order valence-electron chi connectivity index (χ0n) is 16.3. The van der Waals surface area contributed by atoms with Crippen molar-refractivity contribution >= 4 is 40.7 Å². The molecule has 2 atom stereocenters. The Bertz CT molecular complexity index is 1030. The van der Waals surface area contributed by atoms with Gasteiger partial charge in [0.25, 0.3) is 0 Å². The minimum atomic E-state index is -0.858. The van der Waals surface area contributed by atoms with Crippen molar-refractivity contribution in [3.05, 3.63) is 75.4 Å². The number of hydrogen-bond acceptors (Lipinski definition) is 2. The van der Waals surface area contributed by atoms with Gasteiger partial charge < -0.3 is 10.2 Å². The number of rotatable bonds is 2. The molecule has 2 aromatic carbocycles. The van der Waals surface area contributed by atoms with Gasteiger partial charge in [-0.3, -0.25) is 9.59 Å². The van der Waals surface area contributed by atoms with E-state index in [2.05, 4.69) is 5.32 Å². The Morgan fingerprint density at radius 2 is 1.93 bits per heavy atom. The van der Waals surface area contributed by atoms with Gasteiger partial charge in [0.05, 0.1) is 5.41 Å². The monoisotopic (exact) mass is 428 g/mol. The number of likely N-dealkylation sites (tertiary alicyclic amines) is 1. The van der Waals surface area contributed by atoms with Gasteiger partial charge >= 0.3 is 0 Å². The fraction of sp³-hybridized carbons (Fsp3) is 0.304. The number of fused-ring (bicyclic) bond motifs is 2. The molecule has 2 aromatic rings. The molecule has 2 aliphatic rings. The van der Waals surface area contributed by atoms with Crippen LogP contribution in [0, 0.1) is 0 Å². The number of carbonyl (C=O) groups excluding carboxylic acids is 2. The molecular weight excluding hydrogens is 407 g/mol. The van der Waals surface area contributed by atoms with E-state index in [1.54, 1.807) is 23.1 Å². The molecular formula is C23H22Cl2N2O2. The number of nitrogens with zero attached hydrogens (tertiary/aromatic N) is 1. The van der Waals surface area contributed by atoms with E-state index in [9.17, 15) is 9.59 Å². The van der Waals surface area contributed by atoms with E-state index < -0.39 is 5.41 Å². The van der Waals surface area contributed by atoms with Crippen molar-refractivity contribution < 1.29 is 9.59 Å². The highest BCUT2D eigenvalue weighted by Gasteiger charge is 2.54. The molecule has 150 valence electrons. The average molecular weight is 429 g/mol. The van der Waals surface area contributed by atoms with Crippen molar-refractivity contribution in [3.8, 4) is 0 Å². The molecule has 1 N–H and O–H groups in total. The molecule has 0 saturated carbocycles. The Kier molecular flexibility index (Phi) is 5.18. The molecule has 2 heterocycles. The lowest BCUT2D eigenvalue weighted by atomic mass is 9.65. The molecule has 4 rings (SSSR count). The van der Waals surface area contributed by atoms with Gasteiger partial charge in [-0.05, 0) is 55.7 Å². The molecule has 0 unspecified atom stereocenters. The molecule has 2 amide bonds. The minimum absolute atomic E-state index is 0.0117. The van der Waals surface area contributed by atoms with Gasteiger partial charge in [-0.15, -0.1) is 0 Å². The van der Waals surface area contributed by atoms with Crippen LogP contribution in [0.2, 0.25) is 10.0 Å². The molecule has 1 saturated heterocycles. The number of allylic oxidation sites excluding steroid dienone is 2. The topological polar surface area (TPSA) is 49.4 Å². The molecule has 0 aliphatic carbocycles. The predicted octanol–water partition coefficient (Wildman–Crippen LogP) is 5.51. The number of halogens is 2. The van der Waals surface area contributed by atoms with E-state index in [-0.39, 0.29) is 24.2 Å². The lowest BCUT2D eigenvalue weighted by Crippen LogP contribution is -2.41. The van der Waals surface area contributed by atoms with Gasteiger partial charge in [0.1, 0.15) is 0 Å². The molecule has 0 aromatic heterocycles. The normalized spacial score (nSPS) is 24.5. The molecule has 0 bridgehead atoms. The van der Waals surface area contributed by atoms with Gasteiger partial charge in [-0.25, -0.2) is 0 Å². The Morgan fingerprint density at radius 1 is 1.17 bits per heavy atom. The van der Waals surface area contributed by atoms with E-state index in [4.69, 9.17) is 23.2 Å². The standard InChI is InChI=1S/C23H22Cl2N2O2/c1-3-14(2)27-10-9-23(18-8-7-17(25)12-20(18)26-22(23)29)19(13-21(27)28)15-5-4-6-16(24)11-15/h3-8,11-12,19H,9-10,13H2,1-2H3,(H,26,29)/t19-,23+/m1/s1. The third-order valence-electron chi connectivity index (χ3n) is 6.21. The molecule has 6 heteroatoms. The predicted molar refractivity (Wildman–Crippen MR) is 116 cm³/mol. The summed E-state index contributed by atoms with van der Waals surface area (Å²) in [4.78, 5) is 28.4. The summed E-state index contributed by atoms with van der Waals surface area (Å²) in [6.45, 7) is 4.31. The average Bonchev–Trinajstić information content (AvgIpc) is 2.86. The van der Waals surface area contributed by atoms with Crippen molar-refractivity contribution in [2.75, 3.05) is 11.9 Å². The summed E-state index contributed by atoms with van der Waals surface area (Å²) in [6.07, 6.45) is 2.66.